The van der Waals surface area contributed by atoms with Crippen molar-refractivity contribution in [3.63, 3.8) is 0 Å². The van der Waals surface area contributed by atoms with Gasteiger partial charge in [0.05, 0.1) is 6.10 Å². The highest BCUT2D eigenvalue weighted by Crippen LogP contribution is 2.45. The normalized spacial score (nSPS) is 18.8. The topological polar surface area (TPSA) is 18.5 Å². The van der Waals surface area contributed by atoms with Crippen molar-refractivity contribution in [1.82, 2.24) is 0 Å². The summed E-state index contributed by atoms with van der Waals surface area (Å²) in [4.78, 5) is 0. The van der Waals surface area contributed by atoms with E-state index in [9.17, 15) is 0 Å². The molecule has 0 atom stereocenters. The molecule has 2 nitrogen and oxygen atoms in total. The zero-order valence-electron chi connectivity index (χ0n) is 11.3. The van der Waals surface area contributed by atoms with Gasteiger partial charge < -0.3 is 8.85 Å². The van der Waals surface area contributed by atoms with Crippen molar-refractivity contribution in [2.45, 2.75) is 25.0 Å². The lowest BCUT2D eigenvalue weighted by Crippen LogP contribution is -2.28. The molecule has 2 aromatic carbocycles. The molecule has 1 aliphatic carbocycles. The van der Waals surface area contributed by atoms with E-state index in [2.05, 4.69) is 48.5 Å². The molecule has 20 heavy (non-hydrogen) atoms. The van der Waals surface area contributed by atoms with Crippen molar-refractivity contribution >= 4 is 9.28 Å². The van der Waals surface area contributed by atoms with E-state index in [0.717, 1.165) is 12.7 Å². The molecule has 0 aromatic heterocycles. The molecule has 0 N–H and O–H groups in total. The molecule has 0 spiro atoms. The quantitative estimate of drug-likeness (QED) is 0.772. The van der Waals surface area contributed by atoms with Crippen LogP contribution >= 0.6 is 0 Å². The Bertz CT molecular complexity index is 574. The van der Waals surface area contributed by atoms with Gasteiger partial charge >= 0.3 is 9.28 Å². The molecule has 1 fully saturated rings. The van der Waals surface area contributed by atoms with E-state index in [4.69, 9.17) is 8.85 Å². The zero-order chi connectivity index (χ0) is 13.4. The van der Waals surface area contributed by atoms with Gasteiger partial charge in [0.2, 0.25) is 0 Å². The number of fused-ring (bicyclic) bond motifs is 3. The van der Waals surface area contributed by atoms with Crippen LogP contribution in [-0.2, 0) is 8.85 Å². The third-order valence-electron chi connectivity index (χ3n) is 4.06. The molecular formula is C17H17O2Si. The van der Waals surface area contributed by atoms with Crippen LogP contribution in [0.5, 0.6) is 0 Å². The standard InChI is InChI=1S/C17H17O2Si/c1-3-9-15-13(7-1)14-8-2-4-10-16(14)17(15)19-20-12-6-5-11-18-20/h1-4,7-10,17H,5-6,11-12H2. The first kappa shape index (κ1) is 12.3. The summed E-state index contributed by atoms with van der Waals surface area (Å²) >= 11 is 0. The zero-order valence-corrected chi connectivity index (χ0v) is 12.3. The summed E-state index contributed by atoms with van der Waals surface area (Å²) in [7, 11) is -1.11. The van der Waals surface area contributed by atoms with Gasteiger partial charge in [-0.1, -0.05) is 48.5 Å². The first-order valence-electron chi connectivity index (χ1n) is 7.27. The smallest absolute Gasteiger partial charge is 0.385 e. The number of hydrogen-bond acceptors (Lipinski definition) is 2. The van der Waals surface area contributed by atoms with E-state index in [-0.39, 0.29) is 6.10 Å². The summed E-state index contributed by atoms with van der Waals surface area (Å²) in [5.74, 6) is 0. The first-order valence-corrected chi connectivity index (χ1v) is 8.79. The molecule has 4 rings (SSSR count). The molecule has 2 aliphatic rings. The maximum atomic E-state index is 6.38. The van der Waals surface area contributed by atoms with Gasteiger partial charge in [0.25, 0.3) is 0 Å². The molecule has 0 bridgehead atoms. The molecular weight excluding hydrogens is 264 g/mol. The summed E-state index contributed by atoms with van der Waals surface area (Å²) in [6.07, 6.45) is 2.48. The molecule has 2 aromatic rings. The fourth-order valence-electron chi connectivity index (χ4n) is 3.09. The van der Waals surface area contributed by atoms with Crippen LogP contribution < -0.4 is 0 Å². The number of hydrogen-bond donors (Lipinski definition) is 0. The van der Waals surface area contributed by atoms with Crippen molar-refractivity contribution < 1.29 is 8.85 Å². The van der Waals surface area contributed by atoms with Crippen LogP contribution in [0.25, 0.3) is 11.1 Å². The van der Waals surface area contributed by atoms with E-state index in [0.29, 0.717) is 0 Å². The summed E-state index contributed by atoms with van der Waals surface area (Å²) in [5.41, 5.74) is 5.21. The lowest BCUT2D eigenvalue weighted by atomic mass is 10.1. The number of rotatable bonds is 2. The predicted octanol–water partition coefficient (Wildman–Crippen LogP) is 4.07. The van der Waals surface area contributed by atoms with Gasteiger partial charge in [-0.15, -0.1) is 0 Å². The SMILES string of the molecule is c1ccc2c(c1)-c1ccccc1C2O[Si]1CCCCO1. The van der Waals surface area contributed by atoms with E-state index >= 15 is 0 Å². The fourth-order valence-corrected chi connectivity index (χ4v) is 4.85. The van der Waals surface area contributed by atoms with Gasteiger partial charge in [0.1, 0.15) is 0 Å². The average Bonchev–Trinajstić information content (AvgIpc) is 2.84. The Morgan fingerprint density at radius 3 is 2.15 bits per heavy atom. The Kier molecular flexibility index (Phi) is 3.18. The van der Waals surface area contributed by atoms with Gasteiger partial charge in [0.15, 0.2) is 0 Å². The molecule has 1 saturated heterocycles. The van der Waals surface area contributed by atoms with Crippen LogP contribution in [0.2, 0.25) is 6.04 Å². The third kappa shape index (κ3) is 2.02. The predicted molar refractivity (Wildman–Crippen MR) is 80.6 cm³/mol. The van der Waals surface area contributed by atoms with Crippen molar-refractivity contribution in [2.75, 3.05) is 6.61 Å². The molecule has 3 heteroatoms. The van der Waals surface area contributed by atoms with Gasteiger partial charge in [-0.25, -0.2) is 0 Å². The highest BCUT2D eigenvalue weighted by atomic mass is 28.3. The van der Waals surface area contributed by atoms with E-state index in [1.807, 2.05) is 0 Å². The van der Waals surface area contributed by atoms with E-state index in [1.165, 1.54) is 35.1 Å². The fraction of sp³-hybridized carbons (Fsp3) is 0.294. The average molecular weight is 281 g/mol. The summed E-state index contributed by atoms with van der Waals surface area (Å²) < 4.78 is 12.2. The minimum absolute atomic E-state index is 0.0642. The highest BCUT2D eigenvalue weighted by molar-refractivity contribution is 6.44. The minimum atomic E-state index is -1.11. The van der Waals surface area contributed by atoms with Crippen LogP contribution in [0.15, 0.2) is 48.5 Å². The molecule has 1 radical (unpaired) electrons. The van der Waals surface area contributed by atoms with Crippen LogP contribution in [0, 0.1) is 0 Å². The second kappa shape index (κ2) is 5.17. The minimum Gasteiger partial charge on any atom is -0.393 e. The molecule has 101 valence electrons. The van der Waals surface area contributed by atoms with Crippen LogP contribution in [-0.4, -0.2) is 15.9 Å². The number of benzene rings is 2. The Morgan fingerprint density at radius 1 is 0.900 bits per heavy atom. The molecule has 0 amide bonds. The van der Waals surface area contributed by atoms with Crippen LogP contribution in [0.3, 0.4) is 0 Å². The monoisotopic (exact) mass is 281 g/mol. The van der Waals surface area contributed by atoms with Crippen molar-refractivity contribution in [3.8, 4) is 11.1 Å². The summed E-state index contributed by atoms with van der Waals surface area (Å²) in [6.45, 7) is 0.865. The van der Waals surface area contributed by atoms with Crippen LogP contribution in [0.1, 0.15) is 30.1 Å². The second-order valence-corrected chi connectivity index (χ2v) is 7.12. The Labute approximate surface area is 121 Å². The van der Waals surface area contributed by atoms with Crippen molar-refractivity contribution in [3.05, 3.63) is 59.7 Å². The molecule has 1 aliphatic heterocycles. The first-order chi connectivity index (χ1) is 9.93. The largest absolute Gasteiger partial charge is 0.393 e. The Morgan fingerprint density at radius 2 is 1.55 bits per heavy atom. The van der Waals surface area contributed by atoms with Gasteiger partial charge in [-0.2, -0.15) is 0 Å². The highest BCUT2D eigenvalue weighted by Gasteiger charge is 2.32. The Balaban J connectivity index is 1.71. The van der Waals surface area contributed by atoms with Crippen molar-refractivity contribution in [1.29, 1.82) is 0 Å². The maximum Gasteiger partial charge on any atom is 0.385 e. The Hall–Kier alpha value is -1.42. The summed E-state index contributed by atoms with van der Waals surface area (Å²) in [5, 5.41) is 0. The maximum absolute atomic E-state index is 6.38. The van der Waals surface area contributed by atoms with Gasteiger partial charge in [0, 0.05) is 6.61 Å². The third-order valence-corrected chi connectivity index (χ3v) is 5.85. The summed E-state index contributed by atoms with van der Waals surface area (Å²) in [6, 6.07) is 18.3. The van der Waals surface area contributed by atoms with Crippen LogP contribution in [0.4, 0.5) is 0 Å². The lowest BCUT2D eigenvalue weighted by molar-refractivity contribution is 0.147. The molecule has 0 saturated carbocycles. The van der Waals surface area contributed by atoms with E-state index < -0.39 is 9.28 Å². The second-order valence-electron chi connectivity index (χ2n) is 5.35. The molecule has 1 heterocycles. The van der Waals surface area contributed by atoms with Crippen molar-refractivity contribution in [2.24, 2.45) is 0 Å². The van der Waals surface area contributed by atoms with Gasteiger partial charge in [-0.05, 0) is 41.1 Å². The van der Waals surface area contributed by atoms with Gasteiger partial charge in [-0.3, -0.25) is 0 Å². The lowest BCUT2D eigenvalue weighted by Gasteiger charge is -2.24. The molecule has 0 unspecified atom stereocenters. The van der Waals surface area contributed by atoms with E-state index in [1.54, 1.807) is 0 Å².